The van der Waals surface area contributed by atoms with Crippen LogP contribution in [0.2, 0.25) is 10.6 Å². The minimum absolute atomic E-state index is 0.0989. The molecule has 2 rings (SSSR count). The number of sulfonamides is 1. The van der Waals surface area contributed by atoms with Crippen LogP contribution in [0.1, 0.15) is 5.56 Å². The summed E-state index contributed by atoms with van der Waals surface area (Å²) in [5, 5.41) is -0.302. The van der Waals surface area contributed by atoms with Crippen LogP contribution in [0.3, 0.4) is 0 Å². The maximum Gasteiger partial charge on any atom is 0.257 e. The molecule has 0 bridgehead atoms. The average molecular weight is 334 g/mol. The van der Waals surface area contributed by atoms with Gasteiger partial charge in [-0.3, -0.25) is 5.43 Å². The predicted octanol–water partition coefficient (Wildman–Crippen LogP) is 1.79. The van der Waals surface area contributed by atoms with Gasteiger partial charge in [0.25, 0.3) is 10.0 Å². The van der Waals surface area contributed by atoms with Crippen LogP contribution in [0.15, 0.2) is 29.2 Å². The van der Waals surface area contributed by atoms with Gasteiger partial charge in [-0.25, -0.2) is 8.42 Å². The highest BCUT2D eigenvalue weighted by molar-refractivity contribution is 7.89. The molecule has 106 valence electrons. The number of hydrazine groups is 1. The van der Waals surface area contributed by atoms with Crippen molar-refractivity contribution in [1.29, 1.82) is 0 Å². The Morgan fingerprint density at radius 1 is 1.00 bits per heavy atom. The molecule has 20 heavy (non-hydrogen) atoms. The van der Waals surface area contributed by atoms with Gasteiger partial charge in [0.1, 0.15) is 0 Å². The Balaban J connectivity index is 2.15. The van der Waals surface area contributed by atoms with Gasteiger partial charge < -0.3 is 0 Å². The molecule has 0 saturated carbocycles. The van der Waals surface area contributed by atoms with Crippen LogP contribution < -0.4 is 10.3 Å². The van der Waals surface area contributed by atoms with Crippen molar-refractivity contribution in [3.05, 3.63) is 40.4 Å². The maximum absolute atomic E-state index is 12.0. The molecule has 1 heterocycles. The molecule has 1 aromatic carbocycles. The molecule has 0 fully saturated rings. The molecule has 0 amide bonds. The van der Waals surface area contributed by atoms with Crippen LogP contribution in [0.25, 0.3) is 0 Å². The Labute approximate surface area is 125 Å². The Morgan fingerprint density at radius 3 is 2.10 bits per heavy atom. The lowest BCUT2D eigenvalue weighted by atomic mass is 10.2. The van der Waals surface area contributed by atoms with Crippen LogP contribution in [0.5, 0.6) is 0 Å². The molecule has 0 atom stereocenters. The quantitative estimate of drug-likeness (QED) is 0.828. The van der Waals surface area contributed by atoms with Gasteiger partial charge in [-0.05, 0) is 42.3 Å². The Kier molecular flexibility index (Phi) is 4.39. The van der Waals surface area contributed by atoms with Crippen molar-refractivity contribution in [1.82, 2.24) is 19.8 Å². The third-order valence-electron chi connectivity index (χ3n) is 2.21. The Morgan fingerprint density at radius 2 is 1.55 bits per heavy atom. The van der Waals surface area contributed by atoms with Crippen molar-refractivity contribution in [2.24, 2.45) is 0 Å². The van der Waals surface area contributed by atoms with E-state index in [1.165, 1.54) is 12.1 Å². The smallest absolute Gasteiger partial charge is 0.257 e. The van der Waals surface area contributed by atoms with Crippen molar-refractivity contribution < 1.29 is 8.42 Å². The summed E-state index contributed by atoms with van der Waals surface area (Å²) in [4.78, 5) is 13.1. The van der Waals surface area contributed by atoms with Crippen molar-refractivity contribution in [3.63, 3.8) is 0 Å². The zero-order chi connectivity index (χ0) is 14.8. The second kappa shape index (κ2) is 5.88. The van der Waals surface area contributed by atoms with Gasteiger partial charge in [-0.2, -0.15) is 15.0 Å². The van der Waals surface area contributed by atoms with Crippen LogP contribution in [-0.2, 0) is 10.0 Å². The monoisotopic (exact) mass is 333 g/mol. The zero-order valence-corrected chi connectivity index (χ0v) is 12.5. The summed E-state index contributed by atoms with van der Waals surface area (Å²) < 4.78 is 24.0. The summed E-state index contributed by atoms with van der Waals surface area (Å²) in [6, 6.07) is 6.33. The number of rotatable bonds is 4. The van der Waals surface area contributed by atoms with Gasteiger partial charge in [0.05, 0.1) is 4.90 Å². The first kappa shape index (κ1) is 14.9. The summed E-state index contributed by atoms with van der Waals surface area (Å²) in [6.07, 6.45) is 0. The Hall–Kier alpha value is -1.48. The number of hydrogen-bond donors (Lipinski definition) is 2. The van der Waals surface area contributed by atoms with Crippen LogP contribution in [-0.4, -0.2) is 23.4 Å². The number of aryl methyl sites for hydroxylation is 1. The second-order valence-corrected chi connectivity index (χ2v) is 6.10. The first-order valence-corrected chi connectivity index (χ1v) is 7.52. The van der Waals surface area contributed by atoms with Gasteiger partial charge in [-0.1, -0.05) is 17.7 Å². The highest BCUT2D eigenvalue weighted by Gasteiger charge is 2.14. The fraction of sp³-hybridized carbons (Fsp3) is 0.100. The van der Waals surface area contributed by atoms with E-state index in [0.717, 1.165) is 5.56 Å². The third kappa shape index (κ3) is 3.76. The van der Waals surface area contributed by atoms with E-state index in [1.54, 1.807) is 12.1 Å². The first-order valence-electron chi connectivity index (χ1n) is 5.28. The standard InChI is InChI=1S/C10H9Cl2N5O2S/c1-6-2-4-7(5-3-6)20(18,19)17-16-10-14-8(11)13-9(12)15-10/h2-5,17H,1H3,(H,13,14,15,16). The van der Waals surface area contributed by atoms with E-state index in [1.807, 2.05) is 6.92 Å². The molecule has 0 aliphatic heterocycles. The minimum atomic E-state index is -3.75. The highest BCUT2D eigenvalue weighted by atomic mass is 35.5. The first-order chi connectivity index (χ1) is 9.37. The van der Waals surface area contributed by atoms with Gasteiger partial charge in [0.2, 0.25) is 16.5 Å². The van der Waals surface area contributed by atoms with Crippen LogP contribution >= 0.6 is 23.2 Å². The van der Waals surface area contributed by atoms with E-state index < -0.39 is 10.0 Å². The lowest BCUT2D eigenvalue weighted by Crippen LogP contribution is -2.30. The topological polar surface area (TPSA) is 96.9 Å². The largest absolute Gasteiger partial charge is 0.276 e. The van der Waals surface area contributed by atoms with Gasteiger partial charge in [-0.15, -0.1) is 4.83 Å². The lowest BCUT2D eigenvalue weighted by Gasteiger charge is -2.08. The minimum Gasteiger partial charge on any atom is -0.276 e. The molecule has 2 N–H and O–H groups in total. The number of hydrogen-bond acceptors (Lipinski definition) is 6. The molecule has 0 radical (unpaired) electrons. The molecule has 10 heteroatoms. The average Bonchev–Trinajstić information content (AvgIpc) is 2.36. The summed E-state index contributed by atoms with van der Waals surface area (Å²) >= 11 is 11.1. The number of anilines is 1. The molecule has 1 aromatic heterocycles. The van der Waals surface area contributed by atoms with E-state index in [2.05, 4.69) is 25.2 Å². The number of nitrogens with one attached hydrogen (secondary N) is 2. The van der Waals surface area contributed by atoms with E-state index >= 15 is 0 Å². The highest BCUT2D eigenvalue weighted by Crippen LogP contribution is 2.11. The number of aromatic nitrogens is 3. The molecular weight excluding hydrogens is 325 g/mol. The van der Waals surface area contributed by atoms with Crippen LogP contribution in [0, 0.1) is 6.92 Å². The van der Waals surface area contributed by atoms with E-state index in [0.29, 0.717) is 0 Å². The molecular formula is C10H9Cl2N5O2S. The molecule has 0 aliphatic carbocycles. The van der Waals surface area contributed by atoms with E-state index in [9.17, 15) is 8.42 Å². The summed E-state index contributed by atoms with van der Waals surface area (Å²) in [7, 11) is -3.75. The van der Waals surface area contributed by atoms with Gasteiger partial charge >= 0.3 is 0 Å². The summed E-state index contributed by atoms with van der Waals surface area (Å²) in [5.74, 6) is -0.106. The molecule has 2 aromatic rings. The third-order valence-corrected chi connectivity index (χ3v) is 3.81. The van der Waals surface area contributed by atoms with Crippen molar-refractivity contribution in [2.75, 3.05) is 5.43 Å². The summed E-state index contributed by atoms with van der Waals surface area (Å²) in [5.41, 5.74) is 3.26. The van der Waals surface area contributed by atoms with Crippen LogP contribution in [0.4, 0.5) is 5.95 Å². The Bertz CT molecular complexity index is 701. The summed E-state index contributed by atoms with van der Waals surface area (Å²) in [6.45, 7) is 1.86. The van der Waals surface area contributed by atoms with E-state index in [-0.39, 0.29) is 21.4 Å². The predicted molar refractivity (Wildman–Crippen MR) is 75.0 cm³/mol. The van der Waals surface area contributed by atoms with Crippen molar-refractivity contribution in [2.45, 2.75) is 11.8 Å². The number of halogens is 2. The maximum atomic E-state index is 12.0. The molecule has 0 unspecified atom stereocenters. The second-order valence-electron chi connectivity index (χ2n) is 3.74. The van der Waals surface area contributed by atoms with Gasteiger partial charge in [0.15, 0.2) is 0 Å². The van der Waals surface area contributed by atoms with Crippen molar-refractivity contribution >= 4 is 39.2 Å². The fourth-order valence-corrected chi connectivity index (χ4v) is 2.47. The normalized spacial score (nSPS) is 11.3. The SMILES string of the molecule is Cc1ccc(S(=O)(=O)NNc2nc(Cl)nc(Cl)n2)cc1. The molecule has 0 spiro atoms. The zero-order valence-electron chi connectivity index (χ0n) is 10.1. The molecule has 0 aliphatic rings. The number of benzene rings is 1. The lowest BCUT2D eigenvalue weighted by molar-refractivity contribution is 0.587. The fourth-order valence-electron chi connectivity index (χ4n) is 1.27. The van der Waals surface area contributed by atoms with Crippen molar-refractivity contribution in [3.8, 4) is 0 Å². The molecule has 7 nitrogen and oxygen atoms in total. The van der Waals surface area contributed by atoms with Gasteiger partial charge in [0, 0.05) is 0 Å². The number of nitrogens with zero attached hydrogens (tertiary/aromatic N) is 3. The molecule has 0 saturated heterocycles. The van der Waals surface area contributed by atoms with E-state index in [4.69, 9.17) is 23.2 Å².